The Hall–Kier alpha value is -2.93. The minimum atomic E-state index is -4.39. The van der Waals surface area contributed by atoms with Crippen molar-refractivity contribution in [3.63, 3.8) is 0 Å². The van der Waals surface area contributed by atoms with E-state index in [2.05, 4.69) is 34.3 Å². The first kappa shape index (κ1) is 24.7. The molecule has 1 atom stereocenters. The van der Waals surface area contributed by atoms with Gasteiger partial charge in [0.15, 0.2) is 0 Å². The fraction of sp³-hybridized carbons (Fsp3) is 0.385. The molecule has 176 valence electrons. The van der Waals surface area contributed by atoms with Crippen molar-refractivity contribution in [2.75, 3.05) is 12.4 Å². The number of hydrogen-bond donors (Lipinski definition) is 2. The zero-order chi connectivity index (χ0) is 23.8. The zero-order valence-electron chi connectivity index (χ0n) is 19.0. The number of benzene rings is 1. The van der Waals surface area contributed by atoms with Gasteiger partial charge in [-0.15, -0.1) is 0 Å². The van der Waals surface area contributed by atoms with Gasteiger partial charge >= 0.3 is 6.18 Å². The van der Waals surface area contributed by atoms with Gasteiger partial charge in [-0.05, 0) is 61.1 Å². The van der Waals surface area contributed by atoms with Crippen LogP contribution in [0.25, 0.3) is 17.0 Å². The van der Waals surface area contributed by atoms with Gasteiger partial charge in [0.25, 0.3) is 0 Å². The van der Waals surface area contributed by atoms with E-state index in [4.69, 9.17) is 0 Å². The monoisotopic (exact) mass is 457 g/mol. The number of aliphatic hydroxyl groups is 1. The van der Waals surface area contributed by atoms with Gasteiger partial charge in [-0.25, -0.2) is 4.98 Å². The number of pyridine rings is 2. The second kappa shape index (κ2) is 11.3. The lowest BCUT2D eigenvalue weighted by atomic mass is 10.1. The SMILES string of the molecule is CCCc1ccc(CCCCC(O)/C=C/c2cnc3cc(C(F)(F)F)ccc3c2)nc1NC. The highest BCUT2D eigenvalue weighted by molar-refractivity contribution is 5.81. The Morgan fingerprint density at radius 1 is 1.09 bits per heavy atom. The van der Waals surface area contributed by atoms with Crippen molar-refractivity contribution >= 4 is 22.8 Å². The van der Waals surface area contributed by atoms with Gasteiger partial charge in [0.1, 0.15) is 5.82 Å². The predicted octanol–water partition coefficient (Wildman–Crippen LogP) is 6.43. The second-order valence-electron chi connectivity index (χ2n) is 8.16. The number of unbranched alkanes of at least 4 members (excludes halogenated alkanes) is 1. The van der Waals surface area contributed by atoms with Gasteiger partial charge < -0.3 is 10.4 Å². The van der Waals surface area contributed by atoms with E-state index >= 15 is 0 Å². The van der Waals surface area contributed by atoms with E-state index in [9.17, 15) is 18.3 Å². The first-order valence-electron chi connectivity index (χ1n) is 11.3. The van der Waals surface area contributed by atoms with Crippen LogP contribution in [0.1, 0.15) is 55.0 Å². The molecule has 7 heteroatoms. The van der Waals surface area contributed by atoms with Crippen molar-refractivity contribution in [1.82, 2.24) is 9.97 Å². The van der Waals surface area contributed by atoms with Crippen LogP contribution in [0.15, 0.2) is 48.7 Å². The number of hydrogen-bond acceptors (Lipinski definition) is 4. The third-order valence-electron chi connectivity index (χ3n) is 5.52. The molecule has 2 heterocycles. The maximum Gasteiger partial charge on any atom is 0.416 e. The molecular formula is C26H30F3N3O. The average Bonchev–Trinajstić information content (AvgIpc) is 2.80. The topological polar surface area (TPSA) is 58.0 Å². The van der Waals surface area contributed by atoms with Crippen LogP contribution in [0, 0.1) is 0 Å². The minimum absolute atomic E-state index is 0.292. The summed E-state index contributed by atoms with van der Waals surface area (Å²) in [4.78, 5) is 8.82. The molecule has 2 N–H and O–H groups in total. The summed E-state index contributed by atoms with van der Waals surface area (Å²) >= 11 is 0. The van der Waals surface area contributed by atoms with Crippen molar-refractivity contribution in [2.24, 2.45) is 0 Å². The largest absolute Gasteiger partial charge is 0.416 e. The lowest BCUT2D eigenvalue weighted by Gasteiger charge is -2.10. The average molecular weight is 458 g/mol. The normalized spacial score (nSPS) is 13.0. The molecule has 2 aromatic heterocycles. The summed E-state index contributed by atoms with van der Waals surface area (Å²) in [5, 5.41) is 14.1. The molecule has 0 bridgehead atoms. The Morgan fingerprint density at radius 3 is 2.64 bits per heavy atom. The van der Waals surface area contributed by atoms with E-state index in [1.54, 1.807) is 18.2 Å². The number of aliphatic hydroxyl groups excluding tert-OH is 1. The second-order valence-corrected chi connectivity index (χ2v) is 8.16. The molecule has 0 spiro atoms. The molecule has 0 aliphatic rings. The summed E-state index contributed by atoms with van der Waals surface area (Å²) in [5.74, 6) is 0.941. The van der Waals surface area contributed by atoms with Crippen LogP contribution in [0.4, 0.5) is 19.0 Å². The molecule has 0 amide bonds. The Balaban J connectivity index is 1.50. The summed E-state index contributed by atoms with van der Waals surface area (Å²) in [6, 6.07) is 9.49. The quantitative estimate of drug-likeness (QED) is 0.345. The molecule has 0 radical (unpaired) electrons. The van der Waals surface area contributed by atoms with Gasteiger partial charge in [-0.3, -0.25) is 4.98 Å². The third kappa shape index (κ3) is 7.02. The Kier molecular flexibility index (Phi) is 8.44. The zero-order valence-corrected chi connectivity index (χ0v) is 19.0. The highest BCUT2D eigenvalue weighted by Crippen LogP contribution is 2.31. The molecule has 0 fully saturated rings. The van der Waals surface area contributed by atoms with Crippen LogP contribution in [-0.2, 0) is 19.0 Å². The molecule has 3 aromatic rings. The van der Waals surface area contributed by atoms with Crippen LogP contribution in [-0.4, -0.2) is 28.2 Å². The van der Waals surface area contributed by atoms with E-state index < -0.39 is 17.8 Å². The maximum absolute atomic E-state index is 12.8. The number of alkyl halides is 3. The Morgan fingerprint density at radius 2 is 1.91 bits per heavy atom. The molecule has 3 rings (SSSR count). The summed E-state index contributed by atoms with van der Waals surface area (Å²) in [7, 11) is 1.89. The summed E-state index contributed by atoms with van der Waals surface area (Å²) in [5.41, 5.74) is 2.58. The number of halogens is 3. The summed E-state index contributed by atoms with van der Waals surface area (Å²) < 4.78 is 38.5. The maximum atomic E-state index is 12.8. The first-order valence-corrected chi connectivity index (χ1v) is 11.3. The van der Waals surface area contributed by atoms with E-state index in [1.165, 1.54) is 17.8 Å². The smallest absolute Gasteiger partial charge is 0.389 e. The number of anilines is 1. The highest BCUT2D eigenvalue weighted by atomic mass is 19.4. The van der Waals surface area contributed by atoms with Crippen LogP contribution in [0.2, 0.25) is 0 Å². The molecule has 33 heavy (non-hydrogen) atoms. The van der Waals surface area contributed by atoms with Gasteiger partial charge in [0.2, 0.25) is 0 Å². The minimum Gasteiger partial charge on any atom is -0.389 e. The van der Waals surface area contributed by atoms with Gasteiger partial charge in [-0.2, -0.15) is 13.2 Å². The molecule has 1 aromatic carbocycles. The molecule has 0 aliphatic carbocycles. The number of aromatic nitrogens is 2. The van der Waals surface area contributed by atoms with Crippen LogP contribution >= 0.6 is 0 Å². The van der Waals surface area contributed by atoms with Crippen LogP contribution < -0.4 is 5.32 Å². The summed E-state index contributed by atoms with van der Waals surface area (Å²) in [6.45, 7) is 2.15. The van der Waals surface area contributed by atoms with Crippen molar-refractivity contribution in [2.45, 2.75) is 57.7 Å². The number of nitrogens with one attached hydrogen (secondary N) is 1. The molecule has 0 aliphatic heterocycles. The first-order chi connectivity index (χ1) is 15.8. The van der Waals surface area contributed by atoms with Crippen LogP contribution in [0.3, 0.4) is 0 Å². The number of rotatable bonds is 10. The standard InChI is InChI=1S/C26H30F3N3O/c1-3-6-19-11-13-22(32-25(19)30-2)7-4-5-8-23(33)14-9-18-15-20-10-12-21(26(27,28)29)16-24(20)31-17-18/h9-17,23,33H,3-8H2,1-2H3,(H,30,32)/b14-9+. The van der Waals surface area contributed by atoms with Crippen molar-refractivity contribution < 1.29 is 18.3 Å². The third-order valence-corrected chi connectivity index (χ3v) is 5.52. The van der Waals surface area contributed by atoms with Gasteiger partial charge in [0, 0.05) is 24.3 Å². The number of aryl methyl sites for hydroxylation is 2. The molecular weight excluding hydrogens is 427 g/mol. The molecule has 4 nitrogen and oxygen atoms in total. The predicted molar refractivity (Wildman–Crippen MR) is 127 cm³/mol. The van der Waals surface area contributed by atoms with Crippen molar-refractivity contribution in [1.29, 1.82) is 0 Å². The van der Waals surface area contributed by atoms with E-state index in [0.717, 1.165) is 61.3 Å². The number of nitrogens with zero attached hydrogens (tertiary/aromatic N) is 2. The van der Waals surface area contributed by atoms with E-state index in [0.29, 0.717) is 17.3 Å². The lowest BCUT2D eigenvalue weighted by molar-refractivity contribution is -0.137. The number of fused-ring (bicyclic) bond motifs is 1. The Labute approximate surface area is 192 Å². The fourth-order valence-electron chi connectivity index (χ4n) is 3.74. The van der Waals surface area contributed by atoms with Gasteiger partial charge in [-0.1, -0.05) is 44.1 Å². The van der Waals surface area contributed by atoms with Gasteiger partial charge in [0.05, 0.1) is 17.2 Å². The van der Waals surface area contributed by atoms with E-state index in [-0.39, 0.29) is 0 Å². The van der Waals surface area contributed by atoms with Crippen LogP contribution in [0.5, 0.6) is 0 Å². The van der Waals surface area contributed by atoms with Crippen molar-refractivity contribution in [3.05, 3.63) is 71.1 Å². The summed E-state index contributed by atoms with van der Waals surface area (Å²) in [6.07, 6.45) is 5.32. The molecule has 0 saturated carbocycles. The Bertz CT molecular complexity index is 1100. The van der Waals surface area contributed by atoms with E-state index in [1.807, 2.05) is 7.05 Å². The van der Waals surface area contributed by atoms with Crippen molar-refractivity contribution in [3.8, 4) is 0 Å². The fourth-order valence-corrected chi connectivity index (χ4v) is 3.74. The molecule has 0 saturated heterocycles. The highest BCUT2D eigenvalue weighted by Gasteiger charge is 2.30. The lowest BCUT2D eigenvalue weighted by Crippen LogP contribution is -2.04. The molecule has 1 unspecified atom stereocenters.